The molecule has 0 spiro atoms. The minimum atomic E-state index is -0.486. The summed E-state index contributed by atoms with van der Waals surface area (Å²) >= 11 is 0. The maximum Gasteiger partial charge on any atom is 0.333 e. The third kappa shape index (κ3) is 11.8. The van der Waals surface area contributed by atoms with Gasteiger partial charge in [-0.25, -0.2) is 9.59 Å². The molecule has 200 valence electrons. The average Bonchev–Trinajstić information content (AvgIpc) is 2.86. The average molecular weight is 513 g/mol. The van der Waals surface area contributed by atoms with Gasteiger partial charge in [0.1, 0.15) is 24.7 Å². The van der Waals surface area contributed by atoms with E-state index in [1.807, 2.05) is 48.5 Å². The molecule has 8 nitrogen and oxygen atoms in total. The summed E-state index contributed by atoms with van der Waals surface area (Å²) < 4.78 is 32.5. The zero-order valence-corrected chi connectivity index (χ0v) is 22.0. The lowest BCUT2D eigenvalue weighted by molar-refractivity contribution is -0.144. The smallest absolute Gasteiger partial charge is 0.333 e. The molecule has 2 aromatic carbocycles. The van der Waals surface area contributed by atoms with Gasteiger partial charge in [-0.2, -0.15) is 0 Å². The maximum absolute atomic E-state index is 11.3. The number of carbonyl (C=O) groups excluding carboxylic acids is 2. The fraction of sp³-hybridized carbons (Fsp3) is 0.379. The molecule has 0 radical (unpaired) electrons. The van der Waals surface area contributed by atoms with Gasteiger partial charge >= 0.3 is 11.9 Å². The second-order valence-corrected chi connectivity index (χ2v) is 8.41. The van der Waals surface area contributed by atoms with Crippen LogP contribution in [0.1, 0.15) is 38.8 Å². The predicted octanol–water partition coefficient (Wildman–Crippen LogP) is 5.00. The first-order valence-corrected chi connectivity index (χ1v) is 12.0. The summed E-state index contributed by atoms with van der Waals surface area (Å²) in [5.74, 6) is 0.494. The SMILES string of the molecule is C=C(C)C(=O)OCCOC(C)Oc1ccc(Cc2ccc(OC(C)OCCOC(=O)C(=C)C)cc2)cc1. The summed E-state index contributed by atoms with van der Waals surface area (Å²) in [6, 6.07) is 15.5. The Morgan fingerprint density at radius 2 is 1.00 bits per heavy atom. The molecule has 0 saturated carbocycles. The highest BCUT2D eigenvalue weighted by molar-refractivity contribution is 5.87. The van der Waals surface area contributed by atoms with E-state index in [4.69, 9.17) is 28.4 Å². The molecule has 0 aliphatic carbocycles. The molecule has 0 heterocycles. The van der Waals surface area contributed by atoms with Crippen molar-refractivity contribution >= 4 is 11.9 Å². The second-order valence-electron chi connectivity index (χ2n) is 8.41. The van der Waals surface area contributed by atoms with Crippen LogP contribution in [-0.2, 0) is 35.0 Å². The topological polar surface area (TPSA) is 89.5 Å². The van der Waals surface area contributed by atoms with Gasteiger partial charge in [0.25, 0.3) is 0 Å². The first-order chi connectivity index (χ1) is 17.6. The second kappa shape index (κ2) is 15.5. The van der Waals surface area contributed by atoms with Crippen molar-refractivity contribution in [1.29, 1.82) is 0 Å². The Labute approximate surface area is 218 Å². The molecule has 8 heteroatoms. The van der Waals surface area contributed by atoms with Crippen LogP contribution < -0.4 is 9.47 Å². The van der Waals surface area contributed by atoms with Crippen molar-refractivity contribution in [3.63, 3.8) is 0 Å². The van der Waals surface area contributed by atoms with Crippen molar-refractivity contribution in [2.75, 3.05) is 26.4 Å². The molecule has 2 rings (SSSR count). The third-order valence-corrected chi connectivity index (χ3v) is 4.89. The van der Waals surface area contributed by atoms with Crippen LogP contribution in [-0.4, -0.2) is 50.9 Å². The van der Waals surface area contributed by atoms with Gasteiger partial charge in [0.2, 0.25) is 0 Å². The molecule has 0 amide bonds. The van der Waals surface area contributed by atoms with Crippen LogP contribution >= 0.6 is 0 Å². The summed E-state index contributed by atoms with van der Waals surface area (Å²) in [7, 11) is 0. The molecular weight excluding hydrogens is 476 g/mol. The van der Waals surface area contributed by atoms with E-state index in [0.29, 0.717) is 22.6 Å². The molecule has 37 heavy (non-hydrogen) atoms. The van der Waals surface area contributed by atoms with Gasteiger partial charge in [-0.3, -0.25) is 0 Å². The number of esters is 2. The summed E-state index contributed by atoms with van der Waals surface area (Å²) in [4.78, 5) is 22.7. The van der Waals surface area contributed by atoms with E-state index in [1.165, 1.54) is 0 Å². The van der Waals surface area contributed by atoms with E-state index in [9.17, 15) is 9.59 Å². The molecule has 0 bridgehead atoms. The van der Waals surface area contributed by atoms with Crippen LogP contribution in [0, 0.1) is 0 Å². The highest BCUT2D eigenvalue weighted by Gasteiger charge is 2.08. The van der Waals surface area contributed by atoms with E-state index in [0.717, 1.165) is 17.5 Å². The molecule has 2 atom stereocenters. The Kier molecular flexibility index (Phi) is 12.4. The third-order valence-electron chi connectivity index (χ3n) is 4.89. The van der Waals surface area contributed by atoms with E-state index in [2.05, 4.69) is 13.2 Å². The first-order valence-electron chi connectivity index (χ1n) is 12.0. The molecule has 0 aliphatic heterocycles. The minimum Gasteiger partial charge on any atom is -0.465 e. The number of benzene rings is 2. The quantitative estimate of drug-likeness (QED) is 0.134. The van der Waals surface area contributed by atoms with Gasteiger partial charge in [0.05, 0.1) is 13.2 Å². The minimum absolute atomic E-state index is 0.140. The normalized spacial score (nSPS) is 12.2. The van der Waals surface area contributed by atoms with E-state index in [1.54, 1.807) is 27.7 Å². The van der Waals surface area contributed by atoms with E-state index >= 15 is 0 Å². The number of hydrogen-bond acceptors (Lipinski definition) is 8. The Morgan fingerprint density at radius 1 is 0.649 bits per heavy atom. The lowest BCUT2D eigenvalue weighted by Gasteiger charge is -2.16. The van der Waals surface area contributed by atoms with Gasteiger partial charge in [-0.15, -0.1) is 0 Å². The zero-order valence-electron chi connectivity index (χ0n) is 22.0. The van der Waals surface area contributed by atoms with Crippen molar-refractivity contribution < 1.29 is 38.0 Å². The van der Waals surface area contributed by atoms with Gasteiger partial charge in [0.15, 0.2) is 12.6 Å². The highest BCUT2D eigenvalue weighted by atomic mass is 16.7. The monoisotopic (exact) mass is 512 g/mol. The lowest BCUT2D eigenvalue weighted by Crippen LogP contribution is -2.20. The largest absolute Gasteiger partial charge is 0.465 e. The standard InChI is InChI=1S/C29H36O8/c1-20(2)28(30)34-17-15-32-22(5)36-26-11-7-24(8-12-26)19-25-9-13-27(14-10-25)37-23(6)33-16-18-35-29(31)21(3)4/h7-14,22-23H,1,3,15-19H2,2,4-6H3. The van der Waals surface area contributed by atoms with Crippen molar-refractivity contribution in [2.45, 2.75) is 46.7 Å². The number of carbonyl (C=O) groups is 2. The van der Waals surface area contributed by atoms with Gasteiger partial charge < -0.3 is 28.4 Å². The fourth-order valence-corrected chi connectivity index (χ4v) is 3.00. The zero-order chi connectivity index (χ0) is 27.2. The first kappa shape index (κ1) is 29.6. The Balaban J connectivity index is 1.71. The van der Waals surface area contributed by atoms with Crippen molar-refractivity contribution in [3.8, 4) is 11.5 Å². The molecule has 2 unspecified atom stereocenters. The predicted molar refractivity (Wildman–Crippen MR) is 139 cm³/mol. The van der Waals surface area contributed by atoms with Crippen molar-refractivity contribution in [1.82, 2.24) is 0 Å². The Bertz CT molecular complexity index is 943. The van der Waals surface area contributed by atoms with Crippen LogP contribution in [0.15, 0.2) is 72.8 Å². The fourth-order valence-electron chi connectivity index (χ4n) is 3.00. The summed E-state index contributed by atoms with van der Waals surface area (Å²) in [6.45, 7) is 14.5. The number of hydrogen-bond donors (Lipinski definition) is 0. The summed E-state index contributed by atoms with van der Waals surface area (Å²) in [5.41, 5.74) is 2.96. The highest BCUT2D eigenvalue weighted by Crippen LogP contribution is 2.19. The number of ether oxygens (including phenoxy) is 6. The molecule has 0 saturated heterocycles. The van der Waals surface area contributed by atoms with Crippen LogP contribution in [0.2, 0.25) is 0 Å². The van der Waals surface area contributed by atoms with E-state index < -0.39 is 24.5 Å². The maximum atomic E-state index is 11.3. The Hall–Kier alpha value is -3.62. The Morgan fingerprint density at radius 3 is 1.32 bits per heavy atom. The van der Waals surface area contributed by atoms with Gasteiger partial charge in [0, 0.05) is 11.1 Å². The molecule has 0 fully saturated rings. The van der Waals surface area contributed by atoms with E-state index in [-0.39, 0.29) is 26.4 Å². The molecular formula is C29H36O8. The molecule has 0 aliphatic rings. The van der Waals surface area contributed by atoms with Crippen LogP contribution in [0.5, 0.6) is 11.5 Å². The van der Waals surface area contributed by atoms with Crippen LogP contribution in [0.3, 0.4) is 0 Å². The molecule has 2 aromatic rings. The van der Waals surface area contributed by atoms with Gasteiger partial charge in [-0.05, 0) is 69.5 Å². The lowest BCUT2D eigenvalue weighted by atomic mass is 10.0. The van der Waals surface area contributed by atoms with Crippen LogP contribution in [0.4, 0.5) is 0 Å². The summed E-state index contributed by atoms with van der Waals surface area (Å²) in [5, 5.41) is 0. The van der Waals surface area contributed by atoms with Gasteiger partial charge in [-0.1, -0.05) is 37.4 Å². The summed E-state index contributed by atoms with van der Waals surface area (Å²) in [6.07, 6.45) is -0.222. The van der Waals surface area contributed by atoms with Crippen molar-refractivity contribution in [3.05, 3.63) is 84.0 Å². The molecule has 0 N–H and O–H groups in total. The van der Waals surface area contributed by atoms with Crippen LogP contribution in [0.25, 0.3) is 0 Å². The molecule has 0 aromatic heterocycles. The number of rotatable bonds is 16. The van der Waals surface area contributed by atoms with Crippen molar-refractivity contribution in [2.24, 2.45) is 0 Å².